The topological polar surface area (TPSA) is 59.8 Å². The lowest BCUT2D eigenvalue weighted by Crippen LogP contribution is -2.26. The number of carbonyl (C=O) groups is 1. The SMILES string of the molecule is CSc1nnc(CCCNC(=O)c2ccc(Br)cc2F)n1C1CCCC1. The zero-order valence-corrected chi connectivity index (χ0v) is 17.1. The highest BCUT2D eigenvalue weighted by molar-refractivity contribution is 9.10. The van der Waals surface area contributed by atoms with Gasteiger partial charge in [0, 0.05) is 23.5 Å². The quantitative estimate of drug-likeness (QED) is 0.512. The van der Waals surface area contributed by atoms with Gasteiger partial charge in [-0.15, -0.1) is 10.2 Å². The molecule has 0 saturated heterocycles. The van der Waals surface area contributed by atoms with E-state index in [2.05, 4.69) is 36.0 Å². The van der Waals surface area contributed by atoms with E-state index >= 15 is 0 Å². The van der Waals surface area contributed by atoms with E-state index in [4.69, 9.17) is 0 Å². The van der Waals surface area contributed by atoms with Crippen molar-refractivity contribution in [2.24, 2.45) is 0 Å². The molecule has 0 atom stereocenters. The lowest BCUT2D eigenvalue weighted by atomic mass is 10.2. The summed E-state index contributed by atoms with van der Waals surface area (Å²) >= 11 is 4.81. The highest BCUT2D eigenvalue weighted by Crippen LogP contribution is 2.33. The van der Waals surface area contributed by atoms with Crippen molar-refractivity contribution in [1.82, 2.24) is 20.1 Å². The number of benzene rings is 1. The van der Waals surface area contributed by atoms with E-state index in [0.29, 0.717) is 17.1 Å². The van der Waals surface area contributed by atoms with Gasteiger partial charge in [0.1, 0.15) is 11.6 Å². The minimum Gasteiger partial charge on any atom is -0.352 e. The van der Waals surface area contributed by atoms with Gasteiger partial charge in [-0.1, -0.05) is 40.5 Å². The standard InChI is InChI=1S/C18H22BrFN4OS/c1-26-18-23-22-16(24(18)13-5-2-3-6-13)7-4-10-21-17(25)14-9-8-12(19)11-15(14)20/h8-9,11,13H,2-7,10H2,1H3,(H,21,25). The van der Waals surface area contributed by atoms with Crippen LogP contribution in [0.3, 0.4) is 0 Å². The van der Waals surface area contributed by atoms with Crippen LogP contribution in [0, 0.1) is 5.82 Å². The first-order chi connectivity index (χ1) is 12.6. The second kappa shape index (κ2) is 8.99. The van der Waals surface area contributed by atoms with Gasteiger partial charge in [0.2, 0.25) is 0 Å². The number of amides is 1. The van der Waals surface area contributed by atoms with Crippen molar-refractivity contribution >= 4 is 33.6 Å². The van der Waals surface area contributed by atoms with Crippen LogP contribution in [0.2, 0.25) is 0 Å². The van der Waals surface area contributed by atoms with Crippen molar-refractivity contribution < 1.29 is 9.18 Å². The first-order valence-electron chi connectivity index (χ1n) is 8.81. The lowest BCUT2D eigenvalue weighted by molar-refractivity contribution is 0.0949. The Labute approximate surface area is 165 Å². The average molecular weight is 441 g/mol. The summed E-state index contributed by atoms with van der Waals surface area (Å²) in [5, 5.41) is 12.4. The van der Waals surface area contributed by atoms with Crippen molar-refractivity contribution in [1.29, 1.82) is 0 Å². The fraction of sp³-hybridized carbons (Fsp3) is 0.500. The highest BCUT2D eigenvalue weighted by atomic mass is 79.9. The summed E-state index contributed by atoms with van der Waals surface area (Å²) in [6, 6.07) is 4.93. The number of hydrogen-bond acceptors (Lipinski definition) is 4. The van der Waals surface area contributed by atoms with Crippen molar-refractivity contribution in [2.75, 3.05) is 12.8 Å². The molecule has 26 heavy (non-hydrogen) atoms. The van der Waals surface area contributed by atoms with E-state index in [1.807, 2.05) is 6.26 Å². The van der Waals surface area contributed by atoms with Crippen LogP contribution in [0.4, 0.5) is 4.39 Å². The molecule has 140 valence electrons. The van der Waals surface area contributed by atoms with E-state index in [9.17, 15) is 9.18 Å². The third-order valence-corrected chi connectivity index (χ3v) is 5.78. The molecule has 1 heterocycles. The number of aryl methyl sites for hydroxylation is 1. The summed E-state index contributed by atoms with van der Waals surface area (Å²) < 4.78 is 16.7. The Morgan fingerprint density at radius 2 is 2.15 bits per heavy atom. The average Bonchev–Trinajstić information content (AvgIpc) is 3.27. The number of thioether (sulfide) groups is 1. The van der Waals surface area contributed by atoms with Crippen LogP contribution in [0.15, 0.2) is 27.8 Å². The predicted molar refractivity (Wildman–Crippen MR) is 104 cm³/mol. The van der Waals surface area contributed by atoms with Crippen LogP contribution in [0.5, 0.6) is 0 Å². The smallest absolute Gasteiger partial charge is 0.254 e. The van der Waals surface area contributed by atoms with Gasteiger partial charge >= 0.3 is 0 Å². The normalized spacial score (nSPS) is 14.7. The van der Waals surface area contributed by atoms with Crippen LogP contribution >= 0.6 is 27.7 Å². The Kier molecular flexibility index (Phi) is 6.69. The molecule has 1 N–H and O–H groups in total. The van der Waals surface area contributed by atoms with E-state index < -0.39 is 11.7 Å². The lowest BCUT2D eigenvalue weighted by Gasteiger charge is -2.16. The number of carbonyl (C=O) groups excluding carboxylic acids is 1. The summed E-state index contributed by atoms with van der Waals surface area (Å²) in [6.07, 6.45) is 8.37. The fourth-order valence-corrected chi connectivity index (χ4v) is 4.27. The number of nitrogens with zero attached hydrogens (tertiary/aromatic N) is 3. The Hall–Kier alpha value is -1.41. The first-order valence-corrected chi connectivity index (χ1v) is 10.8. The van der Waals surface area contributed by atoms with Crippen LogP contribution < -0.4 is 5.32 Å². The largest absolute Gasteiger partial charge is 0.352 e. The van der Waals surface area contributed by atoms with Crippen molar-refractivity contribution in [3.05, 3.63) is 39.9 Å². The van der Waals surface area contributed by atoms with Gasteiger partial charge in [0.15, 0.2) is 5.16 Å². The number of hydrogen-bond donors (Lipinski definition) is 1. The minimum atomic E-state index is -0.525. The van der Waals surface area contributed by atoms with Crippen molar-refractivity contribution in [2.45, 2.75) is 49.7 Å². The summed E-state index contributed by atoms with van der Waals surface area (Å²) in [5.41, 5.74) is 0.0620. The fourth-order valence-electron chi connectivity index (χ4n) is 3.36. The molecule has 1 saturated carbocycles. The molecule has 0 unspecified atom stereocenters. The third kappa shape index (κ3) is 4.46. The molecule has 1 aromatic heterocycles. The van der Waals surface area contributed by atoms with Crippen LogP contribution in [-0.4, -0.2) is 33.5 Å². The Balaban J connectivity index is 1.55. The first kappa shape index (κ1) is 19.4. The second-order valence-electron chi connectivity index (χ2n) is 6.39. The third-order valence-electron chi connectivity index (χ3n) is 4.65. The highest BCUT2D eigenvalue weighted by Gasteiger charge is 2.23. The minimum absolute atomic E-state index is 0.0620. The maximum atomic E-state index is 13.8. The molecule has 0 aliphatic heterocycles. The van der Waals surface area contributed by atoms with Gasteiger partial charge in [-0.05, 0) is 43.7 Å². The van der Waals surface area contributed by atoms with Crippen LogP contribution in [0.25, 0.3) is 0 Å². The molecule has 1 aliphatic rings. The summed E-state index contributed by atoms with van der Waals surface area (Å²) in [5.74, 6) is 0.0600. The molecule has 1 amide bonds. The zero-order valence-electron chi connectivity index (χ0n) is 14.7. The maximum absolute atomic E-state index is 13.8. The number of rotatable bonds is 7. The van der Waals surface area contributed by atoms with E-state index in [1.165, 1.54) is 37.8 Å². The molecule has 5 nitrogen and oxygen atoms in total. The molecule has 3 rings (SSSR count). The van der Waals surface area contributed by atoms with Gasteiger partial charge in [-0.2, -0.15) is 0 Å². The van der Waals surface area contributed by atoms with E-state index in [1.54, 1.807) is 17.8 Å². The Morgan fingerprint density at radius 1 is 1.38 bits per heavy atom. The molecular formula is C18H22BrFN4OS. The summed E-state index contributed by atoms with van der Waals surface area (Å²) in [4.78, 5) is 12.1. The molecule has 0 bridgehead atoms. The van der Waals surface area contributed by atoms with E-state index in [0.717, 1.165) is 23.8 Å². The van der Waals surface area contributed by atoms with Crippen LogP contribution in [0.1, 0.15) is 54.3 Å². The number of aromatic nitrogens is 3. The predicted octanol–water partition coefficient (Wildman–Crippen LogP) is 4.38. The van der Waals surface area contributed by atoms with Gasteiger partial charge in [-0.3, -0.25) is 4.79 Å². The molecule has 1 aromatic carbocycles. The van der Waals surface area contributed by atoms with Gasteiger partial charge < -0.3 is 9.88 Å². The Bertz CT molecular complexity index is 777. The van der Waals surface area contributed by atoms with Crippen molar-refractivity contribution in [3.63, 3.8) is 0 Å². The summed E-state index contributed by atoms with van der Waals surface area (Å²) in [7, 11) is 0. The number of halogens is 2. The molecule has 1 fully saturated rings. The molecular weight excluding hydrogens is 419 g/mol. The maximum Gasteiger partial charge on any atom is 0.254 e. The molecule has 0 radical (unpaired) electrons. The number of nitrogens with one attached hydrogen (secondary N) is 1. The molecule has 1 aliphatic carbocycles. The second-order valence-corrected chi connectivity index (χ2v) is 8.08. The van der Waals surface area contributed by atoms with Gasteiger partial charge in [-0.25, -0.2) is 4.39 Å². The monoisotopic (exact) mass is 440 g/mol. The van der Waals surface area contributed by atoms with Gasteiger partial charge in [0.05, 0.1) is 5.56 Å². The van der Waals surface area contributed by atoms with E-state index in [-0.39, 0.29) is 5.56 Å². The van der Waals surface area contributed by atoms with Crippen LogP contribution in [-0.2, 0) is 6.42 Å². The molecule has 0 spiro atoms. The summed E-state index contributed by atoms with van der Waals surface area (Å²) in [6.45, 7) is 0.473. The Morgan fingerprint density at radius 3 is 2.85 bits per heavy atom. The van der Waals surface area contributed by atoms with Gasteiger partial charge in [0.25, 0.3) is 5.91 Å². The molecule has 2 aromatic rings. The zero-order chi connectivity index (χ0) is 18.5. The molecule has 8 heteroatoms. The van der Waals surface area contributed by atoms with Crippen molar-refractivity contribution in [3.8, 4) is 0 Å².